The number of nitrogens with two attached hydrogens (primary N) is 1. The maximum atomic E-state index is 5.79. The Morgan fingerprint density at radius 2 is 2.29 bits per heavy atom. The molecule has 1 aromatic carbocycles. The molecule has 0 radical (unpaired) electrons. The van der Waals surface area contributed by atoms with Crippen LogP contribution in [0.5, 0.6) is 5.75 Å². The van der Waals surface area contributed by atoms with E-state index in [1.807, 2.05) is 24.3 Å². The second-order valence-corrected chi connectivity index (χ2v) is 8.22. The fourth-order valence-electron chi connectivity index (χ4n) is 2.52. The van der Waals surface area contributed by atoms with Crippen molar-refractivity contribution >= 4 is 29.0 Å². The van der Waals surface area contributed by atoms with Gasteiger partial charge in [-0.05, 0) is 32.4 Å². The minimum atomic E-state index is 0.379. The maximum Gasteiger partial charge on any atom is 0.119 e. The number of nitrogens with zero attached hydrogens (tertiary/aromatic N) is 1. The van der Waals surface area contributed by atoms with Crippen LogP contribution >= 0.6 is 24.0 Å². The molecule has 2 N–H and O–H groups in total. The van der Waals surface area contributed by atoms with Gasteiger partial charge in [-0.2, -0.15) is 11.8 Å². The van der Waals surface area contributed by atoms with Crippen LogP contribution in [-0.4, -0.2) is 46.6 Å². The van der Waals surface area contributed by atoms with Gasteiger partial charge < -0.3 is 15.4 Å². The third-order valence-electron chi connectivity index (χ3n) is 3.51. The largest absolute Gasteiger partial charge is 0.494 e. The zero-order valence-corrected chi connectivity index (χ0v) is 14.4. The summed E-state index contributed by atoms with van der Waals surface area (Å²) in [5, 5.41) is 0. The van der Waals surface area contributed by atoms with Crippen molar-refractivity contribution in [3.63, 3.8) is 0 Å². The zero-order valence-electron chi connectivity index (χ0n) is 12.8. The zero-order chi connectivity index (χ0) is 15.3. The summed E-state index contributed by atoms with van der Waals surface area (Å²) in [6, 6.07) is 7.68. The maximum absolute atomic E-state index is 5.79. The topological polar surface area (TPSA) is 38.5 Å². The summed E-state index contributed by atoms with van der Waals surface area (Å²) in [5.74, 6) is 2.07. The molecule has 1 aliphatic rings. The van der Waals surface area contributed by atoms with Gasteiger partial charge in [-0.1, -0.05) is 24.4 Å². The first-order valence-corrected chi connectivity index (χ1v) is 8.75. The normalized spacial score (nSPS) is 18.4. The Balaban J connectivity index is 1.72. The number of thioether (sulfide) groups is 1. The molecular weight excluding hydrogens is 300 g/mol. The highest BCUT2D eigenvalue weighted by molar-refractivity contribution is 8.00. The quantitative estimate of drug-likeness (QED) is 0.643. The Morgan fingerprint density at radius 1 is 1.48 bits per heavy atom. The Hall–Kier alpha value is -0.780. The summed E-state index contributed by atoms with van der Waals surface area (Å²) in [7, 11) is 0. The minimum absolute atomic E-state index is 0.379. The van der Waals surface area contributed by atoms with Crippen molar-refractivity contribution in [1.29, 1.82) is 0 Å². The molecule has 0 unspecified atom stereocenters. The van der Waals surface area contributed by atoms with Crippen LogP contribution in [0.15, 0.2) is 24.3 Å². The molecule has 21 heavy (non-hydrogen) atoms. The first kappa shape index (κ1) is 16.6. The van der Waals surface area contributed by atoms with Gasteiger partial charge in [0, 0.05) is 35.7 Å². The van der Waals surface area contributed by atoms with Crippen LogP contribution in [0.1, 0.15) is 25.8 Å². The SMILES string of the molecule is CC1(C)CN(CCCOc2cccc(C(N)=S)c2)CCS1. The second-order valence-electron chi connectivity index (χ2n) is 5.98. The van der Waals surface area contributed by atoms with Gasteiger partial charge in [0.25, 0.3) is 0 Å². The monoisotopic (exact) mass is 324 g/mol. The summed E-state index contributed by atoms with van der Waals surface area (Å²) in [5.41, 5.74) is 6.49. The third kappa shape index (κ3) is 5.49. The van der Waals surface area contributed by atoms with E-state index in [-0.39, 0.29) is 0 Å². The lowest BCUT2D eigenvalue weighted by Gasteiger charge is -2.37. The van der Waals surface area contributed by atoms with E-state index in [1.165, 1.54) is 12.3 Å². The first-order valence-electron chi connectivity index (χ1n) is 7.35. The molecule has 0 aliphatic carbocycles. The van der Waals surface area contributed by atoms with Gasteiger partial charge in [0.1, 0.15) is 10.7 Å². The molecule has 1 aromatic rings. The van der Waals surface area contributed by atoms with E-state index in [2.05, 4.69) is 30.5 Å². The van der Waals surface area contributed by atoms with E-state index < -0.39 is 0 Å². The third-order valence-corrected chi connectivity index (χ3v) is 5.04. The van der Waals surface area contributed by atoms with E-state index in [0.717, 1.165) is 37.4 Å². The van der Waals surface area contributed by atoms with Gasteiger partial charge in [0.05, 0.1) is 6.61 Å². The highest BCUT2D eigenvalue weighted by Gasteiger charge is 2.26. The summed E-state index contributed by atoms with van der Waals surface area (Å²) in [6.45, 7) is 8.81. The van der Waals surface area contributed by atoms with Crippen molar-refractivity contribution < 1.29 is 4.74 Å². The number of hydrogen-bond donors (Lipinski definition) is 1. The lowest BCUT2D eigenvalue weighted by molar-refractivity contribution is 0.226. The molecule has 0 aromatic heterocycles. The Morgan fingerprint density at radius 3 is 3.00 bits per heavy atom. The van der Waals surface area contributed by atoms with Crippen LogP contribution in [0.3, 0.4) is 0 Å². The Bertz CT molecular complexity index is 491. The number of ether oxygens (including phenoxy) is 1. The van der Waals surface area contributed by atoms with E-state index in [9.17, 15) is 0 Å². The first-order chi connectivity index (χ1) is 9.96. The molecule has 0 saturated carbocycles. The molecule has 1 heterocycles. The fraction of sp³-hybridized carbons (Fsp3) is 0.562. The molecule has 1 fully saturated rings. The van der Waals surface area contributed by atoms with Crippen LogP contribution in [-0.2, 0) is 0 Å². The lowest BCUT2D eigenvalue weighted by Crippen LogP contribution is -2.43. The van der Waals surface area contributed by atoms with Gasteiger partial charge >= 0.3 is 0 Å². The fourth-order valence-corrected chi connectivity index (χ4v) is 3.83. The van der Waals surface area contributed by atoms with Crippen LogP contribution in [0, 0.1) is 0 Å². The van der Waals surface area contributed by atoms with E-state index >= 15 is 0 Å². The predicted octanol–water partition coefficient (Wildman–Crippen LogP) is 2.92. The average molecular weight is 325 g/mol. The van der Waals surface area contributed by atoms with Crippen LogP contribution in [0.25, 0.3) is 0 Å². The molecule has 1 saturated heterocycles. The van der Waals surface area contributed by atoms with Crippen molar-refractivity contribution in [3.05, 3.63) is 29.8 Å². The van der Waals surface area contributed by atoms with E-state index in [4.69, 9.17) is 22.7 Å². The smallest absolute Gasteiger partial charge is 0.119 e. The van der Waals surface area contributed by atoms with Crippen LogP contribution in [0.2, 0.25) is 0 Å². The van der Waals surface area contributed by atoms with Crippen molar-refractivity contribution in [3.8, 4) is 5.75 Å². The van der Waals surface area contributed by atoms with Crippen molar-refractivity contribution in [2.24, 2.45) is 5.73 Å². The average Bonchev–Trinajstić information content (AvgIpc) is 2.43. The van der Waals surface area contributed by atoms with Crippen LogP contribution in [0.4, 0.5) is 0 Å². The summed E-state index contributed by atoms with van der Waals surface area (Å²) < 4.78 is 6.17. The van der Waals surface area contributed by atoms with Crippen LogP contribution < -0.4 is 10.5 Å². The predicted molar refractivity (Wildman–Crippen MR) is 95.4 cm³/mol. The summed E-state index contributed by atoms with van der Waals surface area (Å²) in [6.07, 6.45) is 1.04. The Labute approximate surface area is 137 Å². The van der Waals surface area contributed by atoms with Gasteiger partial charge in [-0.3, -0.25) is 0 Å². The lowest BCUT2D eigenvalue weighted by atomic mass is 10.2. The number of thiocarbonyl (C=S) groups is 1. The molecule has 5 heteroatoms. The molecule has 116 valence electrons. The molecule has 0 bridgehead atoms. The number of hydrogen-bond acceptors (Lipinski definition) is 4. The Kier molecular flexibility index (Phi) is 5.90. The molecule has 3 nitrogen and oxygen atoms in total. The van der Waals surface area contributed by atoms with Gasteiger partial charge in [0.2, 0.25) is 0 Å². The molecular formula is C16H24N2OS2. The number of rotatable bonds is 6. The van der Waals surface area contributed by atoms with E-state index in [1.54, 1.807) is 0 Å². The van der Waals surface area contributed by atoms with Gasteiger partial charge in [0.15, 0.2) is 0 Å². The molecule has 2 rings (SSSR count). The second kappa shape index (κ2) is 7.47. The van der Waals surface area contributed by atoms with Gasteiger partial charge in [-0.15, -0.1) is 0 Å². The molecule has 0 atom stereocenters. The number of benzene rings is 1. The highest BCUT2D eigenvalue weighted by Crippen LogP contribution is 2.29. The molecule has 1 aliphatic heterocycles. The van der Waals surface area contributed by atoms with Crippen molar-refractivity contribution in [1.82, 2.24) is 4.90 Å². The highest BCUT2D eigenvalue weighted by atomic mass is 32.2. The van der Waals surface area contributed by atoms with E-state index in [0.29, 0.717) is 9.74 Å². The minimum Gasteiger partial charge on any atom is -0.494 e. The van der Waals surface area contributed by atoms with Crippen molar-refractivity contribution in [2.45, 2.75) is 25.0 Å². The van der Waals surface area contributed by atoms with Gasteiger partial charge in [-0.25, -0.2) is 0 Å². The summed E-state index contributed by atoms with van der Waals surface area (Å²) >= 11 is 7.05. The molecule has 0 amide bonds. The standard InChI is InChI=1S/C16H24N2OS2/c1-16(2)12-18(8-10-21-16)7-4-9-19-14-6-3-5-13(11-14)15(17)20/h3,5-6,11H,4,7-10,12H2,1-2H3,(H2,17,20). The summed E-state index contributed by atoms with van der Waals surface area (Å²) in [4.78, 5) is 2.94. The molecule has 0 spiro atoms. The van der Waals surface area contributed by atoms with Crippen molar-refractivity contribution in [2.75, 3.05) is 32.0 Å².